The van der Waals surface area contributed by atoms with E-state index in [-0.39, 0.29) is 11.9 Å². The lowest BCUT2D eigenvalue weighted by Crippen LogP contribution is -2.27. The first-order valence-electron chi connectivity index (χ1n) is 8.20. The minimum atomic E-state index is 0.0234. The Hall–Kier alpha value is -2.35. The third-order valence-corrected chi connectivity index (χ3v) is 4.17. The van der Waals surface area contributed by atoms with Crippen LogP contribution in [-0.4, -0.2) is 33.2 Å². The Balaban J connectivity index is 1.82. The number of benzene rings is 1. The van der Waals surface area contributed by atoms with Gasteiger partial charge in [0.25, 0.3) is 0 Å². The second kappa shape index (κ2) is 9.83. The molecule has 1 amide bonds. The van der Waals surface area contributed by atoms with Crippen molar-refractivity contribution in [3.05, 3.63) is 36.2 Å². The maximum atomic E-state index is 11.8. The van der Waals surface area contributed by atoms with Gasteiger partial charge < -0.3 is 16.4 Å². The van der Waals surface area contributed by atoms with Crippen molar-refractivity contribution < 1.29 is 4.79 Å². The molecule has 8 heteroatoms. The molecule has 0 spiro atoms. The third-order valence-electron chi connectivity index (χ3n) is 3.24. The molecule has 7 nitrogen and oxygen atoms in total. The van der Waals surface area contributed by atoms with Gasteiger partial charge in [-0.2, -0.15) is 15.0 Å². The van der Waals surface area contributed by atoms with E-state index in [1.807, 2.05) is 30.3 Å². The number of thioether (sulfide) groups is 1. The van der Waals surface area contributed by atoms with Crippen LogP contribution in [0.2, 0.25) is 0 Å². The minimum absolute atomic E-state index is 0.0234. The first-order chi connectivity index (χ1) is 12.0. The Kier molecular flexibility index (Phi) is 7.46. The Morgan fingerprint density at radius 3 is 2.68 bits per heavy atom. The Morgan fingerprint density at radius 2 is 1.96 bits per heavy atom. The fraction of sp³-hybridized carbons (Fsp3) is 0.412. The molecule has 25 heavy (non-hydrogen) atoms. The lowest BCUT2D eigenvalue weighted by molar-refractivity contribution is -0.118. The van der Waals surface area contributed by atoms with E-state index in [4.69, 9.17) is 5.73 Å². The monoisotopic (exact) mass is 360 g/mol. The first kappa shape index (κ1) is 19.0. The quantitative estimate of drug-likeness (QED) is 0.631. The number of amides is 1. The van der Waals surface area contributed by atoms with Crippen LogP contribution in [0.3, 0.4) is 0 Å². The summed E-state index contributed by atoms with van der Waals surface area (Å²) in [6.07, 6.45) is 0.981. The molecular weight excluding hydrogens is 336 g/mol. The lowest BCUT2D eigenvalue weighted by atomic mass is 10.1. The number of carbonyl (C=O) groups excluding carboxylic acids is 1. The van der Waals surface area contributed by atoms with Crippen LogP contribution in [0, 0.1) is 5.92 Å². The van der Waals surface area contributed by atoms with E-state index in [0.29, 0.717) is 35.7 Å². The van der Waals surface area contributed by atoms with E-state index in [2.05, 4.69) is 39.4 Å². The van der Waals surface area contributed by atoms with E-state index in [9.17, 15) is 4.79 Å². The summed E-state index contributed by atoms with van der Waals surface area (Å²) in [5.74, 6) is 2.57. The fourth-order valence-corrected chi connectivity index (χ4v) is 2.70. The molecule has 0 aliphatic rings. The number of hydrogen-bond acceptors (Lipinski definition) is 7. The Morgan fingerprint density at radius 1 is 1.20 bits per heavy atom. The number of rotatable bonds is 9. The third kappa shape index (κ3) is 7.38. The second-order valence-electron chi connectivity index (χ2n) is 5.95. The summed E-state index contributed by atoms with van der Waals surface area (Å²) in [5.41, 5.74) is 6.62. The molecule has 0 aliphatic heterocycles. The Bertz CT molecular complexity index is 680. The molecule has 0 aliphatic carbocycles. The topological polar surface area (TPSA) is 106 Å². The number of anilines is 3. The van der Waals surface area contributed by atoms with Gasteiger partial charge in [0.1, 0.15) is 5.82 Å². The smallest absolute Gasteiger partial charge is 0.232 e. The van der Waals surface area contributed by atoms with Gasteiger partial charge in [-0.3, -0.25) is 4.79 Å². The van der Waals surface area contributed by atoms with Gasteiger partial charge >= 0.3 is 0 Å². The van der Waals surface area contributed by atoms with Crippen molar-refractivity contribution in [3.8, 4) is 0 Å². The van der Waals surface area contributed by atoms with E-state index < -0.39 is 0 Å². The molecule has 0 fully saturated rings. The van der Waals surface area contributed by atoms with Crippen molar-refractivity contribution in [2.45, 2.75) is 26.0 Å². The van der Waals surface area contributed by atoms with Crippen LogP contribution in [0.15, 0.2) is 30.3 Å². The van der Waals surface area contributed by atoms with E-state index in [1.54, 1.807) is 0 Å². The van der Waals surface area contributed by atoms with E-state index in [0.717, 1.165) is 12.1 Å². The van der Waals surface area contributed by atoms with Crippen molar-refractivity contribution in [2.24, 2.45) is 5.92 Å². The summed E-state index contributed by atoms with van der Waals surface area (Å²) in [6, 6.07) is 9.59. The predicted octanol–water partition coefficient (Wildman–Crippen LogP) is 2.59. The van der Waals surface area contributed by atoms with Gasteiger partial charge in [0, 0.05) is 12.2 Å². The van der Waals surface area contributed by atoms with Crippen LogP contribution in [0.4, 0.5) is 17.6 Å². The number of carbonyl (C=O) groups is 1. The van der Waals surface area contributed by atoms with Gasteiger partial charge in [0.05, 0.1) is 11.5 Å². The average molecular weight is 360 g/mol. The SMILES string of the molecule is CC(C)CCNC(=O)CSCc1nc(N)nc(Nc2ccccc2)n1. The molecule has 2 aromatic rings. The molecule has 1 heterocycles. The zero-order valence-corrected chi connectivity index (χ0v) is 15.3. The van der Waals surface area contributed by atoms with Crippen LogP contribution in [0.25, 0.3) is 0 Å². The number of nitrogens with one attached hydrogen (secondary N) is 2. The molecule has 134 valence electrons. The van der Waals surface area contributed by atoms with Crippen molar-refractivity contribution in [2.75, 3.05) is 23.3 Å². The molecule has 1 aromatic carbocycles. The molecule has 2 rings (SSSR count). The second-order valence-corrected chi connectivity index (χ2v) is 6.94. The largest absolute Gasteiger partial charge is 0.368 e. The highest BCUT2D eigenvalue weighted by Gasteiger charge is 2.07. The first-order valence-corrected chi connectivity index (χ1v) is 9.35. The van der Waals surface area contributed by atoms with Crippen LogP contribution in [0.1, 0.15) is 26.1 Å². The number of para-hydroxylation sites is 1. The van der Waals surface area contributed by atoms with Gasteiger partial charge in [0.2, 0.25) is 17.8 Å². The molecule has 0 unspecified atom stereocenters. The molecule has 0 bridgehead atoms. The highest BCUT2D eigenvalue weighted by atomic mass is 32.2. The summed E-state index contributed by atoms with van der Waals surface area (Å²) in [4.78, 5) is 24.3. The highest BCUT2D eigenvalue weighted by molar-refractivity contribution is 7.99. The Labute approximate surface area is 152 Å². The van der Waals surface area contributed by atoms with Crippen LogP contribution in [0.5, 0.6) is 0 Å². The van der Waals surface area contributed by atoms with Crippen molar-refractivity contribution in [1.82, 2.24) is 20.3 Å². The molecular formula is C17H24N6OS. The number of nitrogens with zero attached hydrogens (tertiary/aromatic N) is 3. The zero-order valence-electron chi connectivity index (χ0n) is 14.5. The van der Waals surface area contributed by atoms with E-state index in [1.165, 1.54) is 11.8 Å². The summed E-state index contributed by atoms with van der Waals surface area (Å²) in [5, 5.41) is 6.00. The van der Waals surface area contributed by atoms with Gasteiger partial charge in [-0.1, -0.05) is 32.0 Å². The van der Waals surface area contributed by atoms with Crippen molar-refractivity contribution in [3.63, 3.8) is 0 Å². The number of hydrogen-bond donors (Lipinski definition) is 3. The average Bonchev–Trinajstić information content (AvgIpc) is 2.55. The van der Waals surface area contributed by atoms with Gasteiger partial charge in [-0.05, 0) is 24.5 Å². The maximum Gasteiger partial charge on any atom is 0.232 e. The number of aromatic nitrogens is 3. The van der Waals surface area contributed by atoms with Crippen LogP contribution in [-0.2, 0) is 10.5 Å². The van der Waals surface area contributed by atoms with Gasteiger partial charge in [0.15, 0.2) is 0 Å². The predicted molar refractivity (Wildman–Crippen MR) is 103 cm³/mol. The van der Waals surface area contributed by atoms with Gasteiger partial charge in [-0.25, -0.2) is 0 Å². The molecule has 4 N–H and O–H groups in total. The minimum Gasteiger partial charge on any atom is -0.368 e. The maximum absolute atomic E-state index is 11.8. The van der Waals surface area contributed by atoms with Crippen LogP contribution < -0.4 is 16.4 Å². The molecule has 0 saturated heterocycles. The molecule has 1 aromatic heterocycles. The lowest BCUT2D eigenvalue weighted by Gasteiger charge is -2.08. The number of nitrogen functional groups attached to an aromatic ring is 1. The summed E-state index contributed by atoms with van der Waals surface area (Å²) >= 11 is 1.45. The van der Waals surface area contributed by atoms with Crippen LogP contribution >= 0.6 is 11.8 Å². The fourth-order valence-electron chi connectivity index (χ4n) is 2.00. The molecule has 0 saturated carbocycles. The zero-order chi connectivity index (χ0) is 18.1. The van der Waals surface area contributed by atoms with Gasteiger partial charge in [-0.15, -0.1) is 11.8 Å². The normalized spacial score (nSPS) is 10.7. The summed E-state index contributed by atoms with van der Waals surface area (Å²) in [6.45, 7) is 4.97. The molecule has 0 radical (unpaired) electrons. The number of nitrogens with two attached hydrogens (primary N) is 1. The summed E-state index contributed by atoms with van der Waals surface area (Å²) in [7, 11) is 0. The highest BCUT2D eigenvalue weighted by Crippen LogP contribution is 2.15. The molecule has 0 atom stereocenters. The van der Waals surface area contributed by atoms with Crippen molar-refractivity contribution in [1.29, 1.82) is 0 Å². The van der Waals surface area contributed by atoms with Crippen molar-refractivity contribution >= 4 is 35.3 Å². The standard InChI is InChI=1S/C17H24N6OS/c1-12(2)8-9-19-15(24)11-25-10-14-21-16(18)23-17(22-14)20-13-6-4-3-5-7-13/h3-7,12H,8-11H2,1-2H3,(H,19,24)(H3,18,20,21,22,23). The summed E-state index contributed by atoms with van der Waals surface area (Å²) < 4.78 is 0. The van der Waals surface area contributed by atoms with E-state index >= 15 is 0 Å².